The number of hydrogen-bond donors (Lipinski definition) is 0. The molecule has 0 saturated carbocycles. The minimum absolute atomic E-state index is 0.191. The van der Waals surface area contributed by atoms with E-state index in [0.717, 1.165) is 0 Å². The van der Waals surface area contributed by atoms with E-state index >= 15 is 0 Å². The van der Waals surface area contributed by atoms with Crippen LogP contribution in [0.25, 0.3) is 0 Å². The van der Waals surface area contributed by atoms with Gasteiger partial charge >= 0.3 is 5.97 Å². The second-order valence-electron chi connectivity index (χ2n) is 5.32. The zero-order valence-corrected chi connectivity index (χ0v) is 12.9. The second kappa shape index (κ2) is 6.75. The number of carbonyl (C=O) groups is 2. The summed E-state index contributed by atoms with van der Waals surface area (Å²) in [6, 6.07) is 6.45. The molecule has 0 radical (unpaired) electrons. The molecule has 0 spiro atoms. The van der Waals surface area contributed by atoms with Gasteiger partial charge in [-0.3, -0.25) is 4.79 Å². The summed E-state index contributed by atoms with van der Waals surface area (Å²) in [5, 5.41) is 0.548. The number of esters is 1. The molecule has 0 aliphatic carbocycles. The fourth-order valence-electron chi connectivity index (χ4n) is 1.47. The van der Waals surface area contributed by atoms with Crippen LogP contribution in [0.4, 0.5) is 0 Å². The Balaban J connectivity index is 2.96. The average molecular weight is 299 g/mol. The monoisotopic (exact) mass is 298 g/mol. The zero-order chi connectivity index (χ0) is 15.3. The Morgan fingerprint density at radius 2 is 1.75 bits per heavy atom. The molecule has 1 aromatic carbocycles. The number of ether oxygens (including phenoxy) is 2. The van der Waals surface area contributed by atoms with Gasteiger partial charge in [-0.1, -0.05) is 32.4 Å². The van der Waals surface area contributed by atoms with Crippen LogP contribution in [0.1, 0.15) is 27.7 Å². The molecule has 0 amide bonds. The largest absolute Gasteiger partial charge is 0.471 e. The Hall–Kier alpha value is -1.55. The van der Waals surface area contributed by atoms with Crippen LogP contribution in [0.3, 0.4) is 0 Å². The number of halogens is 1. The van der Waals surface area contributed by atoms with Crippen molar-refractivity contribution in [3.8, 4) is 5.75 Å². The second-order valence-corrected chi connectivity index (χ2v) is 5.75. The van der Waals surface area contributed by atoms with Gasteiger partial charge in [-0.15, -0.1) is 0 Å². The normalized spacial score (nSPS) is 12.7. The summed E-state index contributed by atoms with van der Waals surface area (Å²) in [6.07, 6.45) is -1.27. The van der Waals surface area contributed by atoms with Gasteiger partial charge < -0.3 is 9.47 Å². The Labute approximate surface area is 124 Å². The fraction of sp³-hybridized carbons (Fsp3) is 0.467. The first-order valence-electron chi connectivity index (χ1n) is 6.39. The van der Waals surface area contributed by atoms with Crippen LogP contribution in [0.15, 0.2) is 24.3 Å². The van der Waals surface area contributed by atoms with Gasteiger partial charge in [0.05, 0.1) is 6.61 Å². The fourth-order valence-corrected chi connectivity index (χ4v) is 1.60. The van der Waals surface area contributed by atoms with Crippen molar-refractivity contribution in [1.82, 2.24) is 0 Å². The van der Waals surface area contributed by atoms with E-state index in [1.807, 2.05) is 0 Å². The highest BCUT2D eigenvalue weighted by atomic mass is 35.5. The molecule has 0 N–H and O–H groups in total. The molecule has 0 aliphatic heterocycles. The van der Waals surface area contributed by atoms with E-state index in [4.69, 9.17) is 21.1 Å². The lowest BCUT2D eigenvalue weighted by Gasteiger charge is -2.23. The van der Waals surface area contributed by atoms with E-state index < -0.39 is 17.5 Å². The standard InChI is InChI=1S/C15H19ClO4/c1-5-19-14(18)12(13(17)15(2,3)4)20-11-8-6-10(16)7-9-11/h6-9,12H,5H2,1-4H3. The molecule has 1 aromatic rings. The van der Waals surface area contributed by atoms with Crippen LogP contribution < -0.4 is 4.74 Å². The SMILES string of the molecule is CCOC(=O)C(Oc1ccc(Cl)cc1)C(=O)C(C)(C)C. The highest BCUT2D eigenvalue weighted by Gasteiger charge is 2.37. The lowest BCUT2D eigenvalue weighted by Crippen LogP contribution is -2.43. The molecule has 0 saturated heterocycles. The quantitative estimate of drug-likeness (QED) is 0.618. The molecule has 0 fully saturated rings. The number of ketones is 1. The van der Waals surface area contributed by atoms with Crippen molar-refractivity contribution >= 4 is 23.4 Å². The van der Waals surface area contributed by atoms with E-state index in [-0.39, 0.29) is 12.4 Å². The smallest absolute Gasteiger partial charge is 0.355 e. The molecule has 0 bridgehead atoms. The van der Waals surface area contributed by atoms with Gasteiger partial charge in [0.25, 0.3) is 6.10 Å². The van der Waals surface area contributed by atoms with Crippen LogP contribution in [-0.2, 0) is 14.3 Å². The van der Waals surface area contributed by atoms with Crippen LogP contribution in [0.5, 0.6) is 5.75 Å². The maximum Gasteiger partial charge on any atom is 0.355 e. The third-order valence-electron chi connectivity index (χ3n) is 2.55. The maximum absolute atomic E-state index is 12.3. The van der Waals surface area contributed by atoms with Crippen molar-refractivity contribution in [3.63, 3.8) is 0 Å². The van der Waals surface area contributed by atoms with Crippen LogP contribution in [-0.4, -0.2) is 24.5 Å². The maximum atomic E-state index is 12.3. The molecule has 1 rings (SSSR count). The highest BCUT2D eigenvalue weighted by Crippen LogP contribution is 2.22. The molecular formula is C15H19ClO4. The predicted molar refractivity (Wildman–Crippen MR) is 77.0 cm³/mol. The van der Waals surface area contributed by atoms with E-state index in [9.17, 15) is 9.59 Å². The van der Waals surface area contributed by atoms with Gasteiger partial charge in [0.1, 0.15) is 5.75 Å². The first-order chi connectivity index (χ1) is 9.25. The molecule has 0 heterocycles. The van der Waals surface area contributed by atoms with Crippen molar-refractivity contribution < 1.29 is 19.1 Å². The molecule has 110 valence electrons. The molecule has 0 aromatic heterocycles. The summed E-state index contributed by atoms with van der Waals surface area (Å²) >= 11 is 5.78. The van der Waals surface area contributed by atoms with Crippen LogP contribution in [0, 0.1) is 5.41 Å². The number of benzene rings is 1. The first kappa shape index (κ1) is 16.5. The van der Waals surface area contributed by atoms with Crippen molar-refractivity contribution in [1.29, 1.82) is 0 Å². The molecular weight excluding hydrogens is 280 g/mol. The molecule has 1 atom stereocenters. The third kappa shape index (κ3) is 4.53. The number of rotatable bonds is 5. The van der Waals surface area contributed by atoms with E-state index in [1.54, 1.807) is 52.0 Å². The van der Waals surface area contributed by atoms with Crippen molar-refractivity contribution in [2.45, 2.75) is 33.8 Å². The molecule has 1 unspecified atom stereocenters. The molecule has 20 heavy (non-hydrogen) atoms. The minimum atomic E-state index is -1.27. The minimum Gasteiger partial charge on any atom is -0.471 e. The van der Waals surface area contributed by atoms with Gasteiger partial charge in [-0.25, -0.2) is 4.79 Å². The summed E-state index contributed by atoms with van der Waals surface area (Å²) in [7, 11) is 0. The van der Waals surface area contributed by atoms with Gasteiger partial charge in [0.15, 0.2) is 5.78 Å². The predicted octanol–water partition coefficient (Wildman–Crippen LogP) is 3.27. The van der Waals surface area contributed by atoms with Gasteiger partial charge in [0, 0.05) is 10.4 Å². The summed E-state index contributed by atoms with van der Waals surface area (Å²) in [4.78, 5) is 24.2. The molecule has 4 nitrogen and oxygen atoms in total. The van der Waals surface area contributed by atoms with Crippen molar-refractivity contribution in [2.24, 2.45) is 5.41 Å². The van der Waals surface area contributed by atoms with E-state index in [2.05, 4.69) is 0 Å². The molecule has 5 heteroatoms. The summed E-state index contributed by atoms with van der Waals surface area (Å²) in [6.45, 7) is 7.06. The lowest BCUT2D eigenvalue weighted by molar-refractivity contribution is -0.158. The number of hydrogen-bond acceptors (Lipinski definition) is 4. The average Bonchev–Trinajstić information content (AvgIpc) is 2.36. The Bertz CT molecular complexity index is 474. The summed E-state index contributed by atoms with van der Waals surface area (Å²) in [5.74, 6) is -0.613. The lowest BCUT2D eigenvalue weighted by atomic mass is 9.87. The Kier molecular flexibility index (Phi) is 5.57. The summed E-state index contributed by atoms with van der Waals surface area (Å²) in [5.41, 5.74) is -0.705. The highest BCUT2D eigenvalue weighted by molar-refractivity contribution is 6.30. The topological polar surface area (TPSA) is 52.6 Å². The van der Waals surface area contributed by atoms with Gasteiger partial charge in [0.2, 0.25) is 0 Å². The van der Waals surface area contributed by atoms with Crippen LogP contribution >= 0.6 is 11.6 Å². The van der Waals surface area contributed by atoms with E-state index in [0.29, 0.717) is 10.8 Å². The Morgan fingerprint density at radius 3 is 2.20 bits per heavy atom. The van der Waals surface area contributed by atoms with Gasteiger partial charge in [-0.05, 0) is 31.2 Å². The number of Topliss-reactive ketones (excluding diaryl/α,β-unsaturated/α-hetero) is 1. The summed E-state index contributed by atoms with van der Waals surface area (Å²) < 4.78 is 10.4. The first-order valence-corrected chi connectivity index (χ1v) is 6.76. The van der Waals surface area contributed by atoms with E-state index in [1.165, 1.54) is 0 Å². The van der Waals surface area contributed by atoms with Gasteiger partial charge in [-0.2, -0.15) is 0 Å². The van der Waals surface area contributed by atoms with Crippen molar-refractivity contribution in [3.05, 3.63) is 29.3 Å². The number of carbonyl (C=O) groups excluding carboxylic acids is 2. The van der Waals surface area contributed by atoms with Crippen molar-refractivity contribution in [2.75, 3.05) is 6.61 Å². The third-order valence-corrected chi connectivity index (χ3v) is 2.80. The Morgan fingerprint density at radius 1 is 1.20 bits per heavy atom. The van der Waals surface area contributed by atoms with Crippen LogP contribution in [0.2, 0.25) is 5.02 Å². The molecule has 0 aliphatic rings. The zero-order valence-electron chi connectivity index (χ0n) is 12.1.